The van der Waals surface area contributed by atoms with E-state index in [1.807, 2.05) is 31.3 Å². The first-order chi connectivity index (χ1) is 11.7. The van der Waals surface area contributed by atoms with Crippen LogP contribution in [0.3, 0.4) is 0 Å². The van der Waals surface area contributed by atoms with Gasteiger partial charge in [-0.3, -0.25) is 10.1 Å². The van der Waals surface area contributed by atoms with Gasteiger partial charge in [0.15, 0.2) is 5.82 Å². The molecule has 2 unspecified atom stereocenters. The minimum Gasteiger partial charge on any atom is -0.366 e. The molecule has 1 saturated carbocycles. The van der Waals surface area contributed by atoms with E-state index in [4.69, 9.17) is 4.98 Å². The average Bonchev–Trinajstić information content (AvgIpc) is 3.16. The van der Waals surface area contributed by atoms with Gasteiger partial charge in [0, 0.05) is 35.5 Å². The van der Waals surface area contributed by atoms with Gasteiger partial charge in [0.1, 0.15) is 11.6 Å². The number of pyridine rings is 2. The highest BCUT2D eigenvalue weighted by atomic mass is 15.2. The van der Waals surface area contributed by atoms with Crippen molar-refractivity contribution < 1.29 is 0 Å². The largest absolute Gasteiger partial charge is 0.366 e. The van der Waals surface area contributed by atoms with Crippen LogP contribution in [-0.4, -0.2) is 26.2 Å². The smallest absolute Gasteiger partial charge is 0.153 e. The summed E-state index contributed by atoms with van der Waals surface area (Å²) < 4.78 is 0. The summed E-state index contributed by atoms with van der Waals surface area (Å²) in [5.74, 6) is 3.08. The third-order valence-corrected chi connectivity index (χ3v) is 4.75. The molecule has 1 fully saturated rings. The van der Waals surface area contributed by atoms with Crippen molar-refractivity contribution in [3.8, 4) is 0 Å². The van der Waals surface area contributed by atoms with E-state index in [9.17, 15) is 0 Å². The van der Waals surface area contributed by atoms with Crippen LogP contribution >= 0.6 is 0 Å². The van der Waals surface area contributed by atoms with Gasteiger partial charge in [-0.1, -0.05) is 13.3 Å². The van der Waals surface area contributed by atoms with Gasteiger partial charge in [-0.15, -0.1) is 0 Å². The normalized spacial score (nSPS) is 20.4. The van der Waals surface area contributed by atoms with Crippen LogP contribution in [0.2, 0.25) is 0 Å². The first-order valence-corrected chi connectivity index (χ1v) is 8.50. The lowest BCUT2D eigenvalue weighted by atomic mass is 10.1. The Bertz CT molecular complexity index is 856. The second kappa shape index (κ2) is 6.11. The van der Waals surface area contributed by atoms with E-state index in [1.54, 1.807) is 0 Å². The van der Waals surface area contributed by atoms with Crippen molar-refractivity contribution in [2.24, 2.45) is 5.92 Å². The van der Waals surface area contributed by atoms with Gasteiger partial charge in [0.05, 0.1) is 5.52 Å². The first kappa shape index (κ1) is 14.9. The highest BCUT2D eigenvalue weighted by molar-refractivity contribution is 5.91. The average molecular weight is 322 g/mol. The number of nitrogens with zero attached hydrogens (tertiary/aromatic N) is 3. The summed E-state index contributed by atoms with van der Waals surface area (Å²) in [7, 11) is 0. The molecule has 3 heterocycles. The fourth-order valence-electron chi connectivity index (χ4n) is 3.40. The Morgan fingerprint density at radius 1 is 1.21 bits per heavy atom. The second-order valence-electron chi connectivity index (χ2n) is 6.65. The fraction of sp³-hybridized carbons (Fsp3) is 0.389. The van der Waals surface area contributed by atoms with Crippen molar-refractivity contribution in [2.45, 2.75) is 39.2 Å². The van der Waals surface area contributed by atoms with Crippen LogP contribution in [0.4, 0.5) is 17.5 Å². The van der Waals surface area contributed by atoms with Crippen LogP contribution in [0.25, 0.3) is 10.9 Å². The van der Waals surface area contributed by atoms with Crippen molar-refractivity contribution in [2.75, 3.05) is 10.6 Å². The van der Waals surface area contributed by atoms with E-state index in [0.717, 1.165) is 34.1 Å². The maximum Gasteiger partial charge on any atom is 0.153 e. The van der Waals surface area contributed by atoms with Gasteiger partial charge in [-0.2, -0.15) is 5.10 Å². The molecule has 0 spiro atoms. The zero-order valence-electron chi connectivity index (χ0n) is 14.0. The molecule has 24 heavy (non-hydrogen) atoms. The van der Waals surface area contributed by atoms with Crippen molar-refractivity contribution >= 4 is 28.4 Å². The number of rotatable bonds is 4. The van der Waals surface area contributed by atoms with E-state index in [-0.39, 0.29) is 0 Å². The number of anilines is 3. The third kappa shape index (κ3) is 2.91. The predicted octanol–water partition coefficient (Wildman–Crippen LogP) is 4.01. The Morgan fingerprint density at radius 2 is 2.12 bits per heavy atom. The minimum absolute atomic E-state index is 0.476. The summed E-state index contributed by atoms with van der Waals surface area (Å²) in [6.45, 7) is 4.28. The number of H-pyrrole nitrogens is 1. The number of hydrogen-bond acceptors (Lipinski definition) is 5. The molecule has 3 aromatic heterocycles. The Morgan fingerprint density at radius 3 is 2.88 bits per heavy atom. The zero-order valence-corrected chi connectivity index (χ0v) is 14.0. The molecule has 0 bridgehead atoms. The fourth-order valence-corrected chi connectivity index (χ4v) is 3.40. The van der Waals surface area contributed by atoms with Crippen molar-refractivity contribution in [3.05, 3.63) is 36.2 Å². The molecule has 0 aromatic carbocycles. The predicted molar refractivity (Wildman–Crippen MR) is 96.6 cm³/mol. The summed E-state index contributed by atoms with van der Waals surface area (Å²) >= 11 is 0. The molecular formula is C18H22N6. The van der Waals surface area contributed by atoms with Gasteiger partial charge in [0.25, 0.3) is 0 Å². The number of hydrogen-bond donors (Lipinski definition) is 3. The monoisotopic (exact) mass is 322 g/mol. The van der Waals surface area contributed by atoms with Crippen LogP contribution in [0.15, 0.2) is 30.5 Å². The molecule has 6 heteroatoms. The maximum atomic E-state index is 4.79. The molecule has 2 atom stereocenters. The van der Waals surface area contributed by atoms with Crippen molar-refractivity contribution in [1.82, 2.24) is 20.2 Å². The van der Waals surface area contributed by atoms with Crippen LogP contribution in [0.5, 0.6) is 0 Å². The molecule has 4 rings (SSSR count). The lowest BCUT2D eigenvalue weighted by molar-refractivity contribution is 0.555. The van der Waals surface area contributed by atoms with Gasteiger partial charge in [0.2, 0.25) is 0 Å². The Balaban J connectivity index is 1.70. The van der Waals surface area contributed by atoms with Crippen LogP contribution in [0.1, 0.15) is 31.9 Å². The quantitative estimate of drug-likeness (QED) is 0.676. The topological polar surface area (TPSA) is 78.5 Å². The molecule has 1 aliphatic rings. The molecule has 0 saturated heterocycles. The molecule has 124 valence electrons. The molecule has 0 radical (unpaired) electrons. The molecule has 6 nitrogen and oxygen atoms in total. The van der Waals surface area contributed by atoms with E-state index in [2.05, 4.69) is 38.8 Å². The van der Waals surface area contributed by atoms with Crippen molar-refractivity contribution in [1.29, 1.82) is 0 Å². The van der Waals surface area contributed by atoms with Gasteiger partial charge < -0.3 is 10.6 Å². The van der Waals surface area contributed by atoms with Gasteiger partial charge in [-0.25, -0.2) is 4.98 Å². The number of aromatic amines is 1. The summed E-state index contributed by atoms with van der Waals surface area (Å²) in [5, 5.41) is 15.1. The number of nitrogens with one attached hydrogen (secondary N) is 3. The van der Waals surface area contributed by atoms with Crippen LogP contribution < -0.4 is 10.6 Å². The number of aryl methyl sites for hydroxylation is 1. The maximum absolute atomic E-state index is 4.79. The summed E-state index contributed by atoms with van der Waals surface area (Å²) in [5.41, 5.74) is 1.94. The van der Waals surface area contributed by atoms with Gasteiger partial charge in [-0.05, 0) is 37.8 Å². The highest BCUT2D eigenvalue weighted by Gasteiger charge is 2.24. The molecule has 0 aliphatic heterocycles. The first-order valence-electron chi connectivity index (χ1n) is 8.50. The molecule has 3 N–H and O–H groups in total. The Hall–Kier alpha value is -2.63. The Kier molecular flexibility index (Phi) is 3.80. The van der Waals surface area contributed by atoms with E-state index in [1.165, 1.54) is 19.3 Å². The third-order valence-electron chi connectivity index (χ3n) is 4.75. The highest BCUT2D eigenvalue weighted by Crippen LogP contribution is 2.31. The zero-order chi connectivity index (χ0) is 16.5. The molecule has 3 aromatic rings. The van der Waals surface area contributed by atoms with Gasteiger partial charge >= 0.3 is 0 Å². The number of aromatic nitrogens is 4. The van der Waals surface area contributed by atoms with Crippen molar-refractivity contribution in [3.63, 3.8) is 0 Å². The molecule has 0 amide bonds. The van der Waals surface area contributed by atoms with E-state index < -0.39 is 0 Å². The van der Waals surface area contributed by atoms with Crippen LogP contribution in [0, 0.1) is 12.8 Å². The summed E-state index contributed by atoms with van der Waals surface area (Å²) in [6, 6.07) is 8.42. The lowest BCUT2D eigenvalue weighted by Gasteiger charge is -2.19. The lowest BCUT2D eigenvalue weighted by Crippen LogP contribution is -2.22. The minimum atomic E-state index is 0.476. The molecular weight excluding hydrogens is 300 g/mol. The standard InChI is InChI=1S/C18H22N6/c1-11-5-3-7-14(11)20-18-13-6-4-8-19-15(13)10-16(22-18)21-17-9-12(2)23-24-17/h4,6,8-11,14H,3,5,7H2,1-2H3,(H3,20,21,22,23,24). The summed E-state index contributed by atoms with van der Waals surface area (Å²) in [4.78, 5) is 9.28. The van der Waals surface area contributed by atoms with E-state index >= 15 is 0 Å². The SMILES string of the molecule is Cc1cc(Nc2cc3ncccc3c(NC3CCCC3C)n2)n[nH]1. The van der Waals surface area contributed by atoms with Crippen LogP contribution in [-0.2, 0) is 0 Å². The summed E-state index contributed by atoms with van der Waals surface area (Å²) in [6.07, 6.45) is 5.56. The second-order valence-corrected chi connectivity index (χ2v) is 6.65. The number of fused-ring (bicyclic) bond motifs is 1. The van der Waals surface area contributed by atoms with E-state index in [0.29, 0.717) is 12.0 Å². The molecule has 1 aliphatic carbocycles. The Labute approximate surface area is 141 Å².